The molecule has 0 aliphatic rings. The highest BCUT2D eigenvalue weighted by Gasteiger charge is 2.14. The number of amides is 1. The van der Waals surface area contributed by atoms with Gasteiger partial charge in [-0.05, 0) is 25.5 Å². The summed E-state index contributed by atoms with van der Waals surface area (Å²) in [4.78, 5) is 11.9. The van der Waals surface area contributed by atoms with E-state index in [1.165, 1.54) is 16.4 Å². The summed E-state index contributed by atoms with van der Waals surface area (Å²) in [6, 6.07) is 7.39. The Labute approximate surface area is 144 Å². The maximum Gasteiger partial charge on any atom is 0.230 e. The number of nitrogens with zero attached hydrogens (tertiary/aromatic N) is 3. The van der Waals surface area contributed by atoms with Crippen molar-refractivity contribution in [1.29, 1.82) is 0 Å². The van der Waals surface area contributed by atoms with Crippen LogP contribution in [-0.4, -0.2) is 32.6 Å². The van der Waals surface area contributed by atoms with Crippen LogP contribution in [0.5, 0.6) is 0 Å². The molecule has 0 aliphatic carbocycles. The van der Waals surface area contributed by atoms with Crippen molar-refractivity contribution in [2.24, 2.45) is 0 Å². The molecule has 0 saturated heterocycles. The second-order valence-corrected chi connectivity index (χ2v) is 6.61. The molecule has 0 bridgehead atoms. The van der Waals surface area contributed by atoms with E-state index in [9.17, 15) is 4.79 Å². The molecule has 0 saturated carbocycles. The minimum absolute atomic E-state index is 0.0387. The van der Waals surface area contributed by atoms with Gasteiger partial charge in [-0.1, -0.05) is 48.8 Å². The highest BCUT2D eigenvalue weighted by atomic mass is 35.5. The summed E-state index contributed by atoms with van der Waals surface area (Å²) in [6.45, 7) is 4.08. The third kappa shape index (κ3) is 4.87. The molecule has 1 aromatic carbocycles. The summed E-state index contributed by atoms with van der Waals surface area (Å²) in [5, 5.41) is 12.1. The molecular weight excluding hydrogens is 334 g/mol. The lowest BCUT2D eigenvalue weighted by atomic mass is 10.2. The van der Waals surface area contributed by atoms with Gasteiger partial charge in [0.05, 0.1) is 5.75 Å². The second kappa shape index (κ2) is 8.21. The van der Waals surface area contributed by atoms with Crippen LogP contribution in [0.15, 0.2) is 29.4 Å². The normalized spacial score (nSPS) is 12.1. The van der Waals surface area contributed by atoms with Crippen molar-refractivity contribution in [3.05, 3.63) is 29.3 Å². The van der Waals surface area contributed by atoms with Crippen molar-refractivity contribution in [3.63, 3.8) is 0 Å². The number of aromatic nitrogens is 3. The zero-order chi connectivity index (χ0) is 16.8. The smallest absolute Gasteiger partial charge is 0.230 e. The predicted octanol–water partition coefficient (Wildman–Crippen LogP) is 2.71. The summed E-state index contributed by atoms with van der Waals surface area (Å²) in [5.74, 6) is 6.74. The number of rotatable bonds is 7. The van der Waals surface area contributed by atoms with Gasteiger partial charge in [0.1, 0.15) is 0 Å². The van der Waals surface area contributed by atoms with Crippen molar-refractivity contribution in [3.8, 4) is 11.4 Å². The summed E-state index contributed by atoms with van der Waals surface area (Å²) in [7, 11) is 0. The van der Waals surface area contributed by atoms with Crippen molar-refractivity contribution in [1.82, 2.24) is 20.2 Å². The Morgan fingerprint density at radius 1 is 1.48 bits per heavy atom. The van der Waals surface area contributed by atoms with Gasteiger partial charge in [0.2, 0.25) is 11.1 Å². The topological polar surface area (TPSA) is 85.8 Å². The van der Waals surface area contributed by atoms with Crippen LogP contribution in [0, 0.1) is 0 Å². The van der Waals surface area contributed by atoms with Crippen molar-refractivity contribution >= 4 is 29.3 Å². The summed E-state index contributed by atoms with van der Waals surface area (Å²) >= 11 is 7.23. The monoisotopic (exact) mass is 353 g/mol. The number of nitrogens with two attached hydrogens (primary N) is 1. The van der Waals surface area contributed by atoms with E-state index in [1.54, 1.807) is 12.1 Å². The molecule has 23 heavy (non-hydrogen) atoms. The lowest BCUT2D eigenvalue weighted by Crippen LogP contribution is -2.33. The molecule has 0 radical (unpaired) electrons. The third-order valence-electron chi connectivity index (χ3n) is 3.21. The Kier molecular flexibility index (Phi) is 6.29. The van der Waals surface area contributed by atoms with Gasteiger partial charge in [0.15, 0.2) is 5.82 Å². The fraction of sp³-hybridized carbons (Fsp3) is 0.400. The molecule has 6 nitrogen and oxygen atoms in total. The maximum absolute atomic E-state index is 11.9. The minimum Gasteiger partial charge on any atom is -0.353 e. The van der Waals surface area contributed by atoms with Gasteiger partial charge >= 0.3 is 0 Å². The first-order chi connectivity index (χ1) is 11.0. The molecule has 2 aromatic rings. The van der Waals surface area contributed by atoms with E-state index >= 15 is 0 Å². The number of nitrogen functional groups attached to an aromatic ring is 1. The van der Waals surface area contributed by atoms with Crippen molar-refractivity contribution in [2.75, 3.05) is 11.6 Å². The minimum atomic E-state index is -0.0387. The highest BCUT2D eigenvalue weighted by molar-refractivity contribution is 7.99. The first-order valence-electron chi connectivity index (χ1n) is 7.39. The number of hydrogen-bond donors (Lipinski definition) is 2. The molecule has 0 unspecified atom stereocenters. The SMILES string of the molecule is CCC[C@@H](C)NC(=O)CSc1nnc(-c2cccc(Cl)c2)n1N. The van der Waals surface area contributed by atoms with Crippen molar-refractivity contribution < 1.29 is 4.79 Å². The summed E-state index contributed by atoms with van der Waals surface area (Å²) in [6.07, 6.45) is 2.00. The van der Waals surface area contributed by atoms with Crippen LogP contribution in [0.4, 0.5) is 0 Å². The molecule has 1 amide bonds. The first kappa shape index (κ1) is 17.6. The van der Waals surface area contributed by atoms with E-state index in [0.717, 1.165) is 18.4 Å². The zero-order valence-electron chi connectivity index (χ0n) is 13.1. The summed E-state index contributed by atoms with van der Waals surface area (Å²) < 4.78 is 1.37. The number of hydrogen-bond acceptors (Lipinski definition) is 5. The van der Waals surface area contributed by atoms with Gasteiger partial charge in [-0.3, -0.25) is 4.79 Å². The lowest BCUT2D eigenvalue weighted by Gasteiger charge is -2.12. The Hall–Kier alpha value is -1.73. The first-order valence-corrected chi connectivity index (χ1v) is 8.76. The van der Waals surface area contributed by atoms with Crippen LogP contribution in [0.3, 0.4) is 0 Å². The summed E-state index contributed by atoms with van der Waals surface area (Å²) in [5.41, 5.74) is 0.778. The number of carbonyl (C=O) groups excluding carboxylic acids is 1. The van der Waals surface area contributed by atoms with E-state index < -0.39 is 0 Å². The van der Waals surface area contributed by atoms with Gasteiger partial charge in [-0.15, -0.1) is 10.2 Å². The molecule has 124 valence electrons. The van der Waals surface area contributed by atoms with Gasteiger partial charge in [0.25, 0.3) is 0 Å². The Bertz CT molecular complexity index is 676. The third-order valence-corrected chi connectivity index (χ3v) is 4.39. The molecular formula is C15H20ClN5OS. The van der Waals surface area contributed by atoms with Crippen LogP contribution in [-0.2, 0) is 4.79 Å². The lowest BCUT2D eigenvalue weighted by molar-refractivity contribution is -0.119. The molecule has 0 aliphatic heterocycles. The largest absolute Gasteiger partial charge is 0.353 e. The van der Waals surface area contributed by atoms with Crippen LogP contribution >= 0.6 is 23.4 Å². The number of halogens is 1. The van der Waals surface area contributed by atoms with Gasteiger partial charge < -0.3 is 11.2 Å². The molecule has 0 spiro atoms. The molecule has 1 heterocycles. The standard InChI is InChI=1S/C15H20ClN5OS/c1-3-5-10(2)18-13(22)9-23-15-20-19-14(21(15)17)11-6-4-7-12(16)8-11/h4,6-8,10H,3,5,9,17H2,1-2H3,(H,18,22)/t10-/m1/s1. The quantitative estimate of drug-likeness (QED) is 0.590. The van der Waals surface area contributed by atoms with E-state index in [4.69, 9.17) is 17.4 Å². The zero-order valence-corrected chi connectivity index (χ0v) is 14.7. The number of benzene rings is 1. The molecule has 1 aromatic heterocycles. The molecule has 0 fully saturated rings. The fourth-order valence-corrected chi connectivity index (χ4v) is 3.01. The van der Waals surface area contributed by atoms with Crippen LogP contribution in [0.2, 0.25) is 5.02 Å². The van der Waals surface area contributed by atoms with Crippen LogP contribution in [0.25, 0.3) is 11.4 Å². The number of thioether (sulfide) groups is 1. The Balaban J connectivity index is 1.99. The van der Waals surface area contributed by atoms with E-state index in [-0.39, 0.29) is 17.7 Å². The van der Waals surface area contributed by atoms with Crippen molar-refractivity contribution in [2.45, 2.75) is 37.9 Å². The Morgan fingerprint density at radius 3 is 2.96 bits per heavy atom. The second-order valence-electron chi connectivity index (χ2n) is 5.23. The van der Waals surface area contributed by atoms with E-state index in [2.05, 4.69) is 22.4 Å². The predicted molar refractivity (Wildman–Crippen MR) is 93.9 cm³/mol. The van der Waals surface area contributed by atoms with Gasteiger partial charge in [-0.2, -0.15) is 0 Å². The van der Waals surface area contributed by atoms with E-state index in [0.29, 0.717) is 16.0 Å². The van der Waals surface area contributed by atoms with Crippen LogP contribution < -0.4 is 11.2 Å². The Morgan fingerprint density at radius 2 is 2.26 bits per heavy atom. The molecule has 3 N–H and O–H groups in total. The number of nitrogens with one attached hydrogen (secondary N) is 1. The highest BCUT2D eigenvalue weighted by Crippen LogP contribution is 2.23. The van der Waals surface area contributed by atoms with Gasteiger partial charge in [0, 0.05) is 16.6 Å². The fourth-order valence-electron chi connectivity index (χ4n) is 2.15. The van der Waals surface area contributed by atoms with Gasteiger partial charge in [-0.25, -0.2) is 4.68 Å². The molecule has 1 atom stereocenters. The number of carbonyl (C=O) groups is 1. The average molecular weight is 354 g/mol. The molecule has 2 rings (SSSR count). The van der Waals surface area contributed by atoms with E-state index in [1.807, 2.05) is 19.1 Å². The average Bonchev–Trinajstić information content (AvgIpc) is 2.86. The van der Waals surface area contributed by atoms with Crippen LogP contribution in [0.1, 0.15) is 26.7 Å². The maximum atomic E-state index is 11.9. The molecule has 8 heteroatoms.